The van der Waals surface area contributed by atoms with Crippen molar-refractivity contribution in [1.82, 2.24) is 19.4 Å². The minimum Gasteiger partial charge on any atom is -0.507 e. The Hall–Kier alpha value is -5.07. The SMILES string of the molecule is COC(=O)c1cccc(C)c1-n1c(=O)nc(N2CCN(C(=O)O)C(C(C)(C)C)[C@@H]2C)c2cc(F)c(-c3c(O)cccc3F)nc21. The van der Waals surface area contributed by atoms with E-state index in [0.717, 1.165) is 16.7 Å². The summed E-state index contributed by atoms with van der Waals surface area (Å²) < 4.78 is 37.0. The molecule has 0 bridgehead atoms. The van der Waals surface area contributed by atoms with Gasteiger partial charge in [-0.2, -0.15) is 4.98 Å². The molecular weight excluding hydrogens is 588 g/mol. The molecule has 0 spiro atoms. The van der Waals surface area contributed by atoms with Crippen LogP contribution in [0.15, 0.2) is 47.3 Å². The second-order valence-electron chi connectivity index (χ2n) is 12.1. The Morgan fingerprint density at radius 2 is 1.73 bits per heavy atom. The summed E-state index contributed by atoms with van der Waals surface area (Å²) in [4.78, 5) is 50.9. The third-order valence-electron chi connectivity index (χ3n) is 8.17. The zero-order chi connectivity index (χ0) is 33.0. The number of rotatable bonds is 4. The average molecular weight is 622 g/mol. The molecule has 2 aromatic heterocycles. The fourth-order valence-corrected chi connectivity index (χ4v) is 6.37. The van der Waals surface area contributed by atoms with Crippen molar-refractivity contribution in [3.05, 3.63) is 75.7 Å². The second-order valence-corrected chi connectivity index (χ2v) is 12.1. The van der Waals surface area contributed by atoms with Crippen LogP contribution in [0.2, 0.25) is 0 Å². The minimum absolute atomic E-state index is 0.00750. The summed E-state index contributed by atoms with van der Waals surface area (Å²) in [6.45, 7) is 9.36. The van der Waals surface area contributed by atoms with E-state index in [2.05, 4.69) is 9.97 Å². The van der Waals surface area contributed by atoms with Crippen molar-refractivity contribution >= 4 is 28.9 Å². The lowest BCUT2D eigenvalue weighted by Crippen LogP contribution is -2.64. The van der Waals surface area contributed by atoms with Crippen molar-refractivity contribution in [3.8, 4) is 22.7 Å². The number of aromatic nitrogens is 3. The van der Waals surface area contributed by atoms with Crippen LogP contribution in [0.4, 0.5) is 19.4 Å². The maximum Gasteiger partial charge on any atom is 0.407 e. The van der Waals surface area contributed by atoms with Crippen LogP contribution in [-0.4, -0.2) is 74.0 Å². The Balaban J connectivity index is 1.88. The number of fused-ring (bicyclic) bond motifs is 1. The van der Waals surface area contributed by atoms with Crippen LogP contribution in [0.3, 0.4) is 0 Å². The van der Waals surface area contributed by atoms with E-state index >= 15 is 8.78 Å². The second kappa shape index (κ2) is 11.5. The van der Waals surface area contributed by atoms with Gasteiger partial charge in [-0.15, -0.1) is 0 Å². The first kappa shape index (κ1) is 31.4. The molecule has 1 amide bonds. The summed E-state index contributed by atoms with van der Waals surface area (Å²) in [5, 5.41) is 20.5. The molecule has 5 rings (SSSR count). The number of carbonyl (C=O) groups is 2. The quantitative estimate of drug-likeness (QED) is 0.297. The van der Waals surface area contributed by atoms with Gasteiger partial charge in [0.2, 0.25) is 0 Å². The monoisotopic (exact) mass is 621 g/mol. The first-order valence-electron chi connectivity index (χ1n) is 14.2. The fraction of sp³-hybridized carbons (Fsp3) is 0.344. The minimum atomic E-state index is -1.09. The molecule has 2 atom stereocenters. The number of phenols is 1. The number of hydrogen-bond acceptors (Lipinski definition) is 8. The molecule has 1 unspecified atom stereocenters. The lowest BCUT2D eigenvalue weighted by molar-refractivity contribution is 0.0562. The molecule has 3 heterocycles. The van der Waals surface area contributed by atoms with Crippen LogP contribution in [0.1, 0.15) is 43.6 Å². The number of aryl methyl sites for hydroxylation is 1. The molecule has 45 heavy (non-hydrogen) atoms. The van der Waals surface area contributed by atoms with Crippen molar-refractivity contribution in [1.29, 1.82) is 0 Å². The first-order chi connectivity index (χ1) is 21.2. The molecular formula is C32H33F2N5O6. The molecule has 1 saturated heterocycles. The molecule has 1 fully saturated rings. The number of phenolic OH excluding ortho intramolecular Hbond substituents is 1. The number of methoxy groups -OCH3 is 1. The van der Waals surface area contributed by atoms with E-state index in [4.69, 9.17) is 4.74 Å². The molecule has 0 aliphatic carbocycles. The summed E-state index contributed by atoms with van der Waals surface area (Å²) in [5.74, 6) is -3.22. The van der Waals surface area contributed by atoms with Crippen LogP contribution >= 0.6 is 0 Å². The number of esters is 1. The standard InChI is InChI=1S/C32H33F2N5O6/c1-16-9-7-10-18(29(41)45-6)25(16)39-28-19(15-21(34)24(35-28)23-20(33)11-8-12-22(23)40)27(36-30(39)42)37-13-14-38(31(43)44)26(17(37)2)32(3,4)5/h7-12,15,17,26,40H,13-14H2,1-6H3,(H,43,44)/t17-,26?/m0/s1. The third-order valence-corrected chi connectivity index (χ3v) is 8.17. The molecule has 13 heteroatoms. The molecule has 2 aromatic carbocycles. The van der Waals surface area contributed by atoms with Gasteiger partial charge < -0.3 is 24.7 Å². The van der Waals surface area contributed by atoms with Crippen molar-refractivity contribution in [2.75, 3.05) is 25.1 Å². The Morgan fingerprint density at radius 3 is 2.36 bits per heavy atom. The Morgan fingerprint density at radius 1 is 1.04 bits per heavy atom. The van der Waals surface area contributed by atoms with E-state index in [1.54, 1.807) is 30.9 Å². The highest BCUT2D eigenvalue weighted by molar-refractivity contribution is 5.96. The van der Waals surface area contributed by atoms with E-state index in [1.807, 2.05) is 20.8 Å². The predicted octanol–water partition coefficient (Wildman–Crippen LogP) is 5.13. The number of para-hydroxylation sites is 1. The summed E-state index contributed by atoms with van der Waals surface area (Å²) >= 11 is 0. The smallest absolute Gasteiger partial charge is 0.407 e. The van der Waals surface area contributed by atoms with Crippen LogP contribution in [0.5, 0.6) is 5.75 Å². The van der Waals surface area contributed by atoms with E-state index in [0.29, 0.717) is 5.56 Å². The van der Waals surface area contributed by atoms with Crippen molar-refractivity contribution in [3.63, 3.8) is 0 Å². The van der Waals surface area contributed by atoms with E-state index < -0.39 is 63.9 Å². The number of carboxylic acid groups (broad SMARTS) is 1. The van der Waals surface area contributed by atoms with Gasteiger partial charge >= 0.3 is 17.8 Å². The summed E-state index contributed by atoms with van der Waals surface area (Å²) in [6, 6.07) is 8.18. The predicted molar refractivity (Wildman–Crippen MR) is 163 cm³/mol. The summed E-state index contributed by atoms with van der Waals surface area (Å²) in [5.41, 5.74) is -2.09. The highest BCUT2D eigenvalue weighted by Crippen LogP contribution is 2.39. The Labute approximate surface area is 257 Å². The number of piperazine rings is 1. The Kier molecular flexibility index (Phi) is 7.98. The number of pyridine rings is 1. The number of benzene rings is 2. The van der Waals surface area contributed by atoms with Crippen LogP contribution in [0, 0.1) is 24.0 Å². The molecule has 1 aliphatic heterocycles. The third kappa shape index (κ3) is 5.32. The number of anilines is 1. The average Bonchev–Trinajstić information content (AvgIpc) is 2.96. The van der Waals surface area contributed by atoms with Crippen LogP contribution in [-0.2, 0) is 4.74 Å². The lowest BCUT2D eigenvalue weighted by Gasteiger charge is -2.51. The first-order valence-corrected chi connectivity index (χ1v) is 14.2. The molecule has 4 aromatic rings. The number of amides is 1. The largest absolute Gasteiger partial charge is 0.507 e. The lowest BCUT2D eigenvalue weighted by atomic mass is 9.80. The maximum absolute atomic E-state index is 16.0. The van der Waals surface area contributed by atoms with Gasteiger partial charge in [0.05, 0.1) is 35.4 Å². The zero-order valence-corrected chi connectivity index (χ0v) is 25.6. The number of ether oxygens (including phenoxy) is 1. The molecule has 0 radical (unpaired) electrons. The molecule has 0 saturated carbocycles. The zero-order valence-electron chi connectivity index (χ0n) is 25.6. The highest BCUT2D eigenvalue weighted by atomic mass is 19.1. The van der Waals surface area contributed by atoms with Crippen LogP contribution < -0.4 is 10.6 Å². The number of aromatic hydroxyl groups is 1. The van der Waals surface area contributed by atoms with Gasteiger partial charge in [0.25, 0.3) is 0 Å². The number of halogens is 2. The number of hydrogen-bond donors (Lipinski definition) is 2. The van der Waals surface area contributed by atoms with Gasteiger partial charge in [-0.1, -0.05) is 39.0 Å². The van der Waals surface area contributed by atoms with E-state index in [-0.39, 0.29) is 41.2 Å². The summed E-state index contributed by atoms with van der Waals surface area (Å²) in [6.07, 6.45) is -1.09. The molecule has 2 N–H and O–H groups in total. The number of nitrogens with zero attached hydrogens (tertiary/aromatic N) is 5. The van der Waals surface area contributed by atoms with E-state index in [9.17, 15) is 24.6 Å². The van der Waals surface area contributed by atoms with Gasteiger partial charge in [-0.3, -0.25) is 0 Å². The van der Waals surface area contributed by atoms with Gasteiger partial charge in [0.1, 0.15) is 23.1 Å². The van der Waals surface area contributed by atoms with Gasteiger partial charge in [-0.05, 0) is 49.1 Å². The molecule has 1 aliphatic rings. The van der Waals surface area contributed by atoms with Crippen LogP contribution in [0.25, 0.3) is 28.0 Å². The maximum atomic E-state index is 16.0. The van der Waals surface area contributed by atoms with E-state index in [1.165, 1.54) is 30.2 Å². The van der Waals surface area contributed by atoms with Crippen molar-refractivity contribution < 1.29 is 33.3 Å². The summed E-state index contributed by atoms with van der Waals surface area (Å²) in [7, 11) is 1.19. The fourth-order valence-electron chi connectivity index (χ4n) is 6.37. The highest BCUT2D eigenvalue weighted by Gasteiger charge is 2.44. The normalized spacial score (nSPS) is 17.1. The number of carbonyl (C=O) groups excluding carboxylic acids is 1. The van der Waals surface area contributed by atoms with Crippen molar-refractivity contribution in [2.24, 2.45) is 5.41 Å². The van der Waals surface area contributed by atoms with Crippen molar-refractivity contribution in [2.45, 2.75) is 46.7 Å². The molecule has 11 nitrogen and oxygen atoms in total. The van der Waals surface area contributed by atoms with Gasteiger partial charge in [0.15, 0.2) is 11.5 Å². The van der Waals surface area contributed by atoms with Gasteiger partial charge in [0, 0.05) is 19.1 Å². The Bertz CT molecular complexity index is 1880. The molecule has 236 valence electrons. The topological polar surface area (TPSA) is 138 Å². The van der Waals surface area contributed by atoms with Gasteiger partial charge in [-0.25, -0.2) is 32.7 Å².